The number of hydrogen-bond donors (Lipinski definition) is 2. The van der Waals surface area contributed by atoms with Crippen LogP contribution in [-0.2, 0) is 10.0 Å². The lowest BCUT2D eigenvalue weighted by atomic mass is 10.0. The average Bonchev–Trinajstić information content (AvgIpc) is 3.01. The summed E-state index contributed by atoms with van der Waals surface area (Å²) in [5.74, 6) is 0. The van der Waals surface area contributed by atoms with Crippen LogP contribution in [0.2, 0.25) is 0 Å². The summed E-state index contributed by atoms with van der Waals surface area (Å²) in [6, 6.07) is 14.9. The van der Waals surface area contributed by atoms with E-state index in [2.05, 4.69) is 14.9 Å². The summed E-state index contributed by atoms with van der Waals surface area (Å²) in [7, 11) is -3.60. The van der Waals surface area contributed by atoms with Crippen molar-refractivity contribution in [3.63, 3.8) is 0 Å². The van der Waals surface area contributed by atoms with Gasteiger partial charge in [0.15, 0.2) is 5.03 Å². The first-order valence-electron chi connectivity index (χ1n) is 6.57. The Morgan fingerprint density at radius 2 is 1.86 bits per heavy atom. The summed E-state index contributed by atoms with van der Waals surface area (Å²) < 4.78 is 27.1. The number of H-pyrrole nitrogens is 1. The van der Waals surface area contributed by atoms with Crippen molar-refractivity contribution in [2.24, 2.45) is 0 Å². The van der Waals surface area contributed by atoms with Gasteiger partial charge in [-0.3, -0.25) is 5.10 Å². The van der Waals surface area contributed by atoms with Crippen LogP contribution in [0.15, 0.2) is 59.8 Å². The summed E-state index contributed by atoms with van der Waals surface area (Å²) in [6.07, 6.45) is 1.41. The fourth-order valence-corrected chi connectivity index (χ4v) is 3.51. The minimum Gasteiger partial charge on any atom is -0.266 e. The van der Waals surface area contributed by atoms with Gasteiger partial charge in [-0.2, -0.15) is 5.10 Å². The Bertz CT molecular complexity index is 852. The molecule has 108 valence electrons. The van der Waals surface area contributed by atoms with Gasteiger partial charge in [-0.05, 0) is 29.3 Å². The Morgan fingerprint density at radius 3 is 2.62 bits per heavy atom. The summed E-state index contributed by atoms with van der Waals surface area (Å²) in [5.41, 5.74) is 0.941. The van der Waals surface area contributed by atoms with E-state index in [9.17, 15) is 8.42 Å². The quantitative estimate of drug-likeness (QED) is 0.778. The van der Waals surface area contributed by atoms with Gasteiger partial charge >= 0.3 is 0 Å². The van der Waals surface area contributed by atoms with Crippen LogP contribution >= 0.6 is 0 Å². The second-order valence-electron chi connectivity index (χ2n) is 4.83. The normalized spacial score (nSPS) is 13.4. The highest BCUT2D eigenvalue weighted by molar-refractivity contribution is 7.89. The molecule has 0 aliphatic heterocycles. The van der Waals surface area contributed by atoms with Gasteiger partial charge in [-0.15, -0.1) is 0 Å². The van der Waals surface area contributed by atoms with E-state index in [1.807, 2.05) is 49.4 Å². The van der Waals surface area contributed by atoms with E-state index in [1.165, 1.54) is 12.3 Å². The molecule has 0 spiro atoms. The molecular weight excluding hydrogens is 286 g/mol. The third-order valence-corrected chi connectivity index (χ3v) is 4.86. The van der Waals surface area contributed by atoms with Crippen molar-refractivity contribution in [1.29, 1.82) is 0 Å². The van der Waals surface area contributed by atoms with Crippen molar-refractivity contribution in [3.8, 4) is 0 Å². The van der Waals surface area contributed by atoms with Gasteiger partial charge in [0.1, 0.15) is 0 Å². The predicted octanol–water partition coefficient (Wildman–Crippen LogP) is 2.60. The van der Waals surface area contributed by atoms with Crippen LogP contribution in [0.4, 0.5) is 0 Å². The first kappa shape index (κ1) is 13.8. The number of aromatic nitrogens is 2. The second kappa shape index (κ2) is 5.31. The fourth-order valence-electron chi connectivity index (χ4n) is 2.38. The van der Waals surface area contributed by atoms with Crippen molar-refractivity contribution >= 4 is 20.8 Å². The highest BCUT2D eigenvalue weighted by atomic mass is 32.2. The van der Waals surface area contributed by atoms with E-state index in [4.69, 9.17) is 0 Å². The van der Waals surface area contributed by atoms with Gasteiger partial charge in [-0.1, -0.05) is 42.5 Å². The highest BCUT2D eigenvalue weighted by Crippen LogP contribution is 2.25. The molecule has 3 aromatic rings. The van der Waals surface area contributed by atoms with Crippen molar-refractivity contribution in [2.75, 3.05) is 0 Å². The number of sulfonamides is 1. The molecule has 3 rings (SSSR count). The van der Waals surface area contributed by atoms with Crippen molar-refractivity contribution < 1.29 is 8.42 Å². The lowest BCUT2D eigenvalue weighted by Gasteiger charge is -2.16. The third-order valence-electron chi connectivity index (χ3n) is 3.39. The molecule has 1 aromatic heterocycles. The monoisotopic (exact) mass is 301 g/mol. The van der Waals surface area contributed by atoms with Gasteiger partial charge in [0.2, 0.25) is 0 Å². The number of rotatable bonds is 4. The standard InChI is InChI=1S/C15H15N3O2S/c1-11(18-21(19,20)15-9-10-16-17-15)13-8-4-6-12-5-2-3-7-14(12)13/h2-11,18H,1H3,(H,16,17). The molecule has 5 nitrogen and oxygen atoms in total. The minimum absolute atomic E-state index is 0.0644. The van der Waals surface area contributed by atoms with Crippen LogP contribution < -0.4 is 4.72 Å². The Morgan fingerprint density at radius 1 is 1.10 bits per heavy atom. The number of nitrogens with zero attached hydrogens (tertiary/aromatic N) is 1. The van der Waals surface area contributed by atoms with Crippen LogP contribution in [0.1, 0.15) is 18.5 Å². The molecule has 0 saturated carbocycles. The van der Waals surface area contributed by atoms with E-state index >= 15 is 0 Å². The smallest absolute Gasteiger partial charge is 0.258 e. The molecule has 0 saturated heterocycles. The number of aromatic amines is 1. The summed E-state index contributed by atoms with van der Waals surface area (Å²) in [5, 5.41) is 8.34. The van der Waals surface area contributed by atoms with E-state index in [1.54, 1.807) is 0 Å². The predicted molar refractivity (Wildman–Crippen MR) is 81.3 cm³/mol. The Balaban J connectivity index is 1.97. The number of nitrogens with one attached hydrogen (secondary N) is 2. The third kappa shape index (κ3) is 2.68. The fraction of sp³-hybridized carbons (Fsp3) is 0.133. The van der Waals surface area contributed by atoms with Crippen LogP contribution in [-0.4, -0.2) is 18.6 Å². The number of fused-ring (bicyclic) bond motifs is 1. The average molecular weight is 301 g/mol. The molecule has 0 fully saturated rings. The van der Waals surface area contributed by atoms with E-state index in [0.717, 1.165) is 16.3 Å². The highest BCUT2D eigenvalue weighted by Gasteiger charge is 2.20. The van der Waals surface area contributed by atoms with Gasteiger partial charge in [0, 0.05) is 6.04 Å². The molecule has 0 aliphatic carbocycles. The molecule has 0 aliphatic rings. The minimum atomic E-state index is -3.60. The lowest BCUT2D eigenvalue weighted by Crippen LogP contribution is -2.27. The maximum absolute atomic E-state index is 12.2. The molecule has 1 unspecified atom stereocenters. The molecule has 21 heavy (non-hydrogen) atoms. The second-order valence-corrected chi connectivity index (χ2v) is 6.51. The molecule has 2 aromatic carbocycles. The molecule has 6 heteroatoms. The molecule has 1 heterocycles. The Labute approximate surface area is 123 Å². The molecule has 1 atom stereocenters. The number of benzene rings is 2. The van der Waals surface area contributed by atoms with Gasteiger partial charge in [0.25, 0.3) is 10.0 Å². The topological polar surface area (TPSA) is 74.8 Å². The van der Waals surface area contributed by atoms with Crippen LogP contribution in [0.5, 0.6) is 0 Å². The zero-order valence-corrected chi connectivity index (χ0v) is 12.3. The SMILES string of the molecule is CC(NS(=O)(=O)c1ccn[nH]1)c1cccc2ccccc12. The maximum Gasteiger partial charge on any atom is 0.258 e. The summed E-state index contributed by atoms with van der Waals surface area (Å²) in [6.45, 7) is 1.83. The van der Waals surface area contributed by atoms with Crippen molar-refractivity contribution in [3.05, 3.63) is 60.3 Å². The van der Waals surface area contributed by atoms with Crippen molar-refractivity contribution in [1.82, 2.24) is 14.9 Å². The Kier molecular flexibility index (Phi) is 3.48. The van der Waals surface area contributed by atoms with E-state index in [-0.39, 0.29) is 11.1 Å². The number of hydrogen-bond acceptors (Lipinski definition) is 3. The van der Waals surface area contributed by atoms with E-state index < -0.39 is 10.0 Å². The molecular formula is C15H15N3O2S. The first-order valence-corrected chi connectivity index (χ1v) is 8.05. The molecule has 0 amide bonds. The van der Waals surface area contributed by atoms with E-state index in [0.29, 0.717) is 0 Å². The molecule has 0 radical (unpaired) electrons. The maximum atomic E-state index is 12.2. The first-order chi connectivity index (χ1) is 10.1. The van der Waals surface area contributed by atoms with Crippen LogP contribution in [0, 0.1) is 0 Å². The zero-order chi connectivity index (χ0) is 14.9. The summed E-state index contributed by atoms with van der Waals surface area (Å²) in [4.78, 5) is 0. The Hall–Kier alpha value is -2.18. The van der Waals surface area contributed by atoms with Gasteiger partial charge in [-0.25, -0.2) is 13.1 Å². The van der Waals surface area contributed by atoms with Crippen LogP contribution in [0.25, 0.3) is 10.8 Å². The zero-order valence-electron chi connectivity index (χ0n) is 11.4. The van der Waals surface area contributed by atoms with Gasteiger partial charge in [0.05, 0.1) is 6.20 Å². The largest absolute Gasteiger partial charge is 0.266 e. The lowest BCUT2D eigenvalue weighted by molar-refractivity contribution is 0.563. The summed E-state index contributed by atoms with van der Waals surface area (Å²) >= 11 is 0. The van der Waals surface area contributed by atoms with Crippen LogP contribution in [0.3, 0.4) is 0 Å². The molecule has 2 N–H and O–H groups in total. The van der Waals surface area contributed by atoms with Crippen molar-refractivity contribution in [2.45, 2.75) is 18.0 Å². The van der Waals surface area contributed by atoms with Gasteiger partial charge < -0.3 is 0 Å². The molecule has 0 bridgehead atoms.